The van der Waals surface area contributed by atoms with Crippen molar-refractivity contribution in [1.82, 2.24) is 0 Å². The fourth-order valence-electron chi connectivity index (χ4n) is 1.46. The van der Waals surface area contributed by atoms with E-state index in [9.17, 15) is 22.4 Å². The molecule has 2 rings (SSSR count). The van der Waals surface area contributed by atoms with Crippen LogP contribution >= 0.6 is 24.0 Å². The number of carbonyl (C=O) groups is 1. The molecule has 0 aliphatic carbocycles. The van der Waals surface area contributed by atoms with E-state index in [0.717, 1.165) is 17.4 Å². The van der Waals surface area contributed by atoms with Crippen LogP contribution in [0.15, 0.2) is 34.5 Å². The van der Waals surface area contributed by atoms with Crippen molar-refractivity contribution < 1.29 is 22.4 Å². The zero-order valence-electron chi connectivity index (χ0n) is 9.66. The Balaban J connectivity index is 2.24. The van der Waals surface area contributed by atoms with Crippen molar-refractivity contribution >= 4 is 35.6 Å². The molecule has 0 bridgehead atoms. The molecule has 1 aromatic heterocycles. The Morgan fingerprint density at radius 1 is 1.25 bits per heavy atom. The number of anilines is 1. The number of hydrogen-bond donors (Lipinski definition) is 2. The Morgan fingerprint density at radius 3 is 2.50 bits per heavy atom. The molecule has 0 aliphatic rings. The van der Waals surface area contributed by atoms with Gasteiger partial charge in [-0.25, -0.2) is 4.39 Å². The molecule has 2 aromatic rings. The monoisotopic (exact) mass is 321 g/mol. The first-order valence-electron chi connectivity index (χ1n) is 5.23. The third-order valence-corrected chi connectivity index (χ3v) is 3.70. The van der Waals surface area contributed by atoms with Gasteiger partial charge >= 0.3 is 6.18 Å². The molecule has 20 heavy (non-hydrogen) atoms. The first-order chi connectivity index (χ1) is 9.27. The zero-order chi connectivity index (χ0) is 14.9. The van der Waals surface area contributed by atoms with Crippen LogP contribution < -0.4 is 5.32 Å². The summed E-state index contributed by atoms with van der Waals surface area (Å²) >= 11 is 5.13. The molecule has 1 N–H and O–H groups in total. The summed E-state index contributed by atoms with van der Waals surface area (Å²) in [6, 6.07) is 3.77. The molecule has 1 aromatic carbocycles. The van der Waals surface area contributed by atoms with Gasteiger partial charge in [0.25, 0.3) is 5.91 Å². The normalized spacial score (nSPS) is 11.4. The van der Waals surface area contributed by atoms with Crippen molar-refractivity contribution in [2.45, 2.75) is 11.1 Å². The van der Waals surface area contributed by atoms with Crippen molar-refractivity contribution in [2.75, 3.05) is 5.32 Å². The lowest BCUT2D eigenvalue weighted by atomic mass is 10.2. The highest BCUT2D eigenvalue weighted by Crippen LogP contribution is 2.33. The quantitative estimate of drug-likeness (QED) is 0.621. The van der Waals surface area contributed by atoms with Crippen molar-refractivity contribution in [1.29, 1.82) is 0 Å². The molecule has 0 radical (unpaired) electrons. The fourth-order valence-corrected chi connectivity index (χ4v) is 2.50. The number of rotatable bonds is 2. The highest BCUT2D eigenvalue weighted by Gasteiger charge is 2.34. The Kier molecular flexibility index (Phi) is 4.05. The van der Waals surface area contributed by atoms with Gasteiger partial charge in [-0.3, -0.25) is 4.79 Å². The number of nitrogens with one attached hydrogen (secondary N) is 1. The van der Waals surface area contributed by atoms with E-state index in [0.29, 0.717) is 21.9 Å². The predicted molar refractivity (Wildman–Crippen MR) is 70.9 cm³/mol. The number of thiophene rings is 1. The average Bonchev–Trinajstić information content (AvgIpc) is 2.77. The lowest BCUT2D eigenvalue weighted by Crippen LogP contribution is -2.13. The largest absolute Gasteiger partial charge is 0.419 e. The smallest absolute Gasteiger partial charge is 0.321 e. The summed E-state index contributed by atoms with van der Waals surface area (Å²) in [4.78, 5) is 12.6. The van der Waals surface area contributed by atoms with Crippen molar-refractivity contribution in [2.24, 2.45) is 0 Å². The summed E-state index contributed by atoms with van der Waals surface area (Å²) in [5, 5.41) is 3.90. The van der Waals surface area contributed by atoms with Crippen LogP contribution in [0, 0.1) is 5.82 Å². The first kappa shape index (κ1) is 14.9. The van der Waals surface area contributed by atoms with Gasteiger partial charge in [-0.05, 0) is 24.3 Å². The van der Waals surface area contributed by atoms with Crippen LogP contribution in [0.2, 0.25) is 0 Å². The van der Waals surface area contributed by atoms with E-state index in [-0.39, 0.29) is 5.69 Å². The third kappa shape index (κ3) is 3.31. The number of halogens is 4. The van der Waals surface area contributed by atoms with Crippen molar-refractivity contribution in [3.63, 3.8) is 0 Å². The van der Waals surface area contributed by atoms with E-state index in [1.54, 1.807) is 5.38 Å². The van der Waals surface area contributed by atoms with Gasteiger partial charge in [0.2, 0.25) is 0 Å². The molecule has 106 valence electrons. The van der Waals surface area contributed by atoms with Gasteiger partial charge in [-0.1, -0.05) is 0 Å². The topological polar surface area (TPSA) is 29.1 Å². The molecule has 1 heterocycles. The van der Waals surface area contributed by atoms with Gasteiger partial charge in [0.15, 0.2) is 0 Å². The summed E-state index contributed by atoms with van der Waals surface area (Å²) in [5.41, 5.74) is -1.55. The molecule has 0 fully saturated rings. The van der Waals surface area contributed by atoms with E-state index in [1.165, 1.54) is 6.07 Å². The molecule has 1 amide bonds. The molecule has 0 aliphatic heterocycles. The van der Waals surface area contributed by atoms with E-state index in [2.05, 4.69) is 17.9 Å². The number of hydrogen-bond acceptors (Lipinski definition) is 3. The molecular formula is C12H7F4NOS2. The van der Waals surface area contributed by atoms with Crippen LogP contribution in [-0.2, 0) is 6.18 Å². The van der Waals surface area contributed by atoms with Crippen molar-refractivity contribution in [3.8, 4) is 0 Å². The maximum Gasteiger partial charge on any atom is 0.419 e. The van der Waals surface area contributed by atoms with Gasteiger partial charge in [0.05, 0.1) is 10.4 Å². The SMILES string of the molecule is O=C(Nc1ccc(F)c(C(F)(F)F)c1)c1cc(S)cs1. The zero-order valence-corrected chi connectivity index (χ0v) is 11.4. The van der Waals surface area contributed by atoms with Gasteiger partial charge in [-0.15, -0.1) is 24.0 Å². The Morgan fingerprint density at radius 2 is 1.95 bits per heavy atom. The Hall–Kier alpha value is -1.54. The molecule has 0 saturated heterocycles. The van der Waals surface area contributed by atoms with E-state index in [1.807, 2.05) is 0 Å². The van der Waals surface area contributed by atoms with E-state index >= 15 is 0 Å². The van der Waals surface area contributed by atoms with Gasteiger partial charge in [0, 0.05) is 16.0 Å². The first-order valence-corrected chi connectivity index (χ1v) is 6.55. The minimum absolute atomic E-state index is 0.127. The minimum Gasteiger partial charge on any atom is -0.321 e. The molecule has 2 nitrogen and oxygen atoms in total. The lowest BCUT2D eigenvalue weighted by molar-refractivity contribution is -0.139. The third-order valence-electron chi connectivity index (χ3n) is 2.34. The standard InChI is InChI=1S/C12H7F4NOS2/c13-9-2-1-6(3-8(9)12(14,15)16)17-11(18)10-4-7(19)5-20-10/h1-5,19H,(H,17,18). The molecular weight excluding hydrogens is 314 g/mol. The predicted octanol–water partition coefficient (Wildman–Crippen LogP) is 4.45. The number of amides is 1. The highest BCUT2D eigenvalue weighted by molar-refractivity contribution is 7.80. The van der Waals surface area contributed by atoms with Crippen LogP contribution in [0.25, 0.3) is 0 Å². The Labute approximate surface area is 120 Å². The second kappa shape index (κ2) is 5.45. The van der Waals surface area contributed by atoms with Crippen LogP contribution in [0.5, 0.6) is 0 Å². The van der Waals surface area contributed by atoms with Crippen molar-refractivity contribution in [3.05, 3.63) is 45.9 Å². The molecule has 0 unspecified atom stereocenters. The number of alkyl halides is 3. The molecule has 0 saturated carbocycles. The van der Waals surface area contributed by atoms with E-state index < -0.39 is 23.5 Å². The lowest BCUT2D eigenvalue weighted by Gasteiger charge is -2.10. The fraction of sp³-hybridized carbons (Fsp3) is 0.0833. The second-order valence-corrected chi connectivity index (χ2v) is 5.24. The number of thiol groups is 1. The summed E-state index contributed by atoms with van der Waals surface area (Å²) in [5.74, 6) is -1.96. The van der Waals surface area contributed by atoms with Crippen LogP contribution in [-0.4, -0.2) is 5.91 Å². The maximum atomic E-state index is 13.1. The summed E-state index contributed by atoms with van der Waals surface area (Å²) in [6.07, 6.45) is -4.81. The molecule has 0 spiro atoms. The summed E-state index contributed by atoms with van der Waals surface area (Å²) < 4.78 is 50.7. The minimum atomic E-state index is -4.81. The molecule has 0 atom stereocenters. The summed E-state index contributed by atoms with van der Waals surface area (Å²) in [7, 11) is 0. The average molecular weight is 321 g/mol. The van der Waals surface area contributed by atoms with Gasteiger partial charge < -0.3 is 5.32 Å². The molecule has 8 heteroatoms. The van der Waals surface area contributed by atoms with Crippen LogP contribution in [0.1, 0.15) is 15.2 Å². The van der Waals surface area contributed by atoms with Gasteiger partial charge in [0.1, 0.15) is 5.82 Å². The highest BCUT2D eigenvalue weighted by atomic mass is 32.1. The maximum absolute atomic E-state index is 13.1. The van der Waals surface area contributed by atoms with E-state index in [4.69, 9.17) is 0 Å². The van der Waals surface area contributed by atoms with Crippen LogP contribution in [0.4, 0.5) is 23.2 Å². The summed E-state index contributed by atoms with van der Waals surface area (Å²) in [6.45, 7) is 0. The number of benzene rings is 1. The number of carbonyl (C=O) groups excluding carboxylic acids is 1. The van der Waals surface area contributed by atoms with Crippen LogP contribution in [0.3, 0.4) is 0 Å². The second-order valence-electron chi connectivity index (χ2n) is 3.82. The Bertz CT molecular complexity index is 651. The van der Waals surface area contributed by atoms with Gasteiger partial charge in [-0.2, -0.15) is 13.2 Å².